The number of hydrogen-bond acceptors (Lipinski definition) is 1. The molecule has 12 rings (SSSR count). The van der Waals surface area contributed by atoms with Crippen molar-refractivity contribution in [3.8, 4) is 44.5 Å². The van der Waals surface area contributed by atoms with Gasteiger partial charge >= 0.3 is 0 Å². The summed E-state index contributed by atoms with van der Waals surface area (Å²) in [6.45, 7) is 24.5. The molecule has 0 fully saturated rings. The minimum atomic E-state index is -0.486. The molecule has 0 heterocycles. The molecule has 0 atom stereocenters. The van der Waals surface area contributed by atoms with Gasteiger partial charge in [-0.1, -0.05) is 197 Å². The van der Waals surface area contributed by atoms with Crippen LogP contribution in [0.1, 0.15) is 151 Å². The molecule has 69 heavy (non-hydrogen) atoms. The van der Waals surface area contributed by atoms with Gasteiger partial charge in [0.25, 0.3) is 0 Å². The van der Waals surface area contributed by atoms with Crippen LogP contribution in [0.3, 0.4) is 0 Å². The van der Waals surface area contributed by atoms with Gasteiger partial charge in [-0.15, -0.1) is 0 Å². The fraction of sp³-hybridized carbons (Fsp3) is 0.294. The highest BCUT2D eigenvalue weighted by Crippen LogP contribution is 2.65. The van der Waals surface area contributed by atoms with Crippen molar-refractivity contribution in [1.82, 2.24) is 0 Å². The van der Waals surface area contributed by atoms with Gasteiger partial charge in [-0.25, -0.2) is 0 Å². The van der Waals surface area contributed by atoms with Gasteiger partial charge in [-0.3, -0.25) is 0 Å². The number of nitrogens with zero attached hydrogens (tertiary/aromatic N) is 1. The third-order valence-electron chi connectivity index (χ3n) is 17.6. The zero-order chi connectivity index (χ0) is 47.8. The summed E-state index contributed by atoms with van der Waals surface area (Å²) < 4.78 is 0. The Hall–Kier alpha value is -6.44. The van der Waals surface area contributed by atoms with Gasteiger partial charge in [0.05, 0.1) is 11.1 Å². The van der Waals surface area contributed by atoms with E-state index < -0.39 is 5.41 Å². The molecular weight excluding hydrogens is 831 g/mol. The SMILES string of the molecule is CC(C)c1cc2c(cc1-c1cc3c(cc1N(c1ccc(-c4ccccc4)cc1)c1ccc4c(c1)C(C)(C)CCC4(C)C)C1(c4ccccc4-c4ccccc41)c1ccccc1-3)C(C)(C)CCC2(C)C. The van der Waals surface area contributed by atoms with E-state index in [9.17, 15) is 0 Å². The maximum Gasteiger partial charge on any atom is 0.0726 e. The van der Waals surface area contributed by atoms with Crippen LogP contribution in [-0.4, -0.2) is 0 Å². The minimum Gasteiger partial charge on any atom is -0.310 e. The Labute approximate surface area is 412 Å². The second-order valence-corrected chi connectivity index (χ2v) is 24.0. The molecule has 8 aromatic carbocycles. The highest BCUT2D eigenvalue weighted by molar-refractivity contribution is 6.00. The maximum atomic E-state index is 2.66. The fourth-order valence-corrected chi connectivity index (χ4v) is 13.4. The van der Waals surface area contributed by atoms with Gasteiger partial charge in [0.1, 0.15) is 0 Å². The summed E-state index contributed by atoms with van der Waals surface area (Å²) in [5.41, 5.74) is 26.6. The standard InChI is InChI=1S/C68H67N/c1-43(2)51-40-61-62(67(9,10)37-36-66(61,7)8)41-52(51)54-39-53-50-24-16-19-27-57(50)68(55-25-17-14-22-48(55)49-23-15-18-26-56(49)68)59(53)42-63(54)69(46-30-28-45(29-31-46)44-20-12-11-13-21-44)47-32-33-58-60(38-47)65(5,6)35-34-64(58,3)4/h11-33,38-43H,34-37H2,1-10H3. The smallest absolute Gasteiger partial charge is 0.0726 e. The van der Waals surface area contributed by atoms with Crippen LogP contribution in [0.15, 0.2) is 170 Å². The van der Waals surface area contributed by atoms with Crippen LogP contribution in [0.5, 0.6) is 0 Å². The second kappa shape index (κ2) is 15.3. The highest BCUT2D eigenvalue weighted by Gasteiger charge is 2.52. The molecule has 0 saturated heterocycles. The first-order chi connectivity index (χ1) is 33.0. The molecule has 0 aromatic heterocycles. The van der Waals surface area contributed by atoms with Gasteiger partial charge in [-0.05, 0) is 185 Å². The quantitative estimate of drug-likeness (QED) is 0.161. The van der Waals surface area contributed by atoms with E-state index in [1.807, 2.05) is 0 Å². The van der Waals surface area contributed by atoms with Crippen molar-refractivity contribution >= 4 is 17.1 Å². The Morgan fingerprint density at radius 3 is 1.33 bits per heavy atom. The summed E-state index contributed by atoms with van der Waals surface area (Å²) in [5, 5.41) is 0. The number of benzene rings is 8. The lowest BCUT2D eigenvalue weighted by Crippen LogP contribution is -2.34. The highest BCUT2D eigenvalue weighted by atomic mass is 15.1. The summed E-state index contributed by atoms with van der Waals surface area (Å²) in [5.74, 6) is 0.310. The van der Waals surface area contributed by atoms with Crippen molar-refractivity contribution in [2.45, 2.75) is 128 Å². The van der Waals surface area contributed by atoms with E-state index in [1.54, 1.807) is 0 Å². The average molecular weight is 898 g/mol. The first-order valence-electron chi connectivity index (χ1n) is 25.8. The van der Waals surface area contributed by atoms with Crippen LogP contribution in [0.4, 0.5) is 17.1 Å². The van der Waals surface area contributed by atoms with Gasteiger partial charge in [0.15, 0.2) is 0 Å². The van der Waals surface area contributed by atoms with E-state index in [0.29, 0.717) is 5.92 Å². The van der Waals surface area contributed by atoms with Crippen LogP contribution in [0.25, 0.3) is 44.5 Å². The average Bonchev–Trinajstić information content (AvgIpc) is 3.81. The summed E-state index contributed by atoms with van der Waals surface area (Å²) >= 11 is 0. The first kappa shape index (κ1) is 43.8. The minimum absolute atomic E-state index is 0.0368. The van der Waals surface area contributed by atoms with Gasteiger partial charge in [0.2, 0.25) is 0 Å². The third kappa shape index (κ3) is 6.48. The molecule has 344 valence electrons. The van der Waals surface area contributed by atoms with E-state index in [1.165, 1.54) is 125 Å². The molecule has 0 saturated carbocycles. The van der Waals surface area contributed by atoms with E-state index in [2.05, 4.69) is 244 Å². The topological polar surface area (TPSA) is 3.24 Å². The largest absolute Gasteiger partial charge is 0.310 e. The van der Waals surface area contributed by atoms with Crippen molar-refractivity contribution in [2.75, 3.05) is 4.90 Å². The molecule has 4 aliphatic rings. The van der Waals surface area contributed by atoms with Gasteiger partial charge in [-0.2, -0.15) is 0 Å². The Bertz CT molecular complexity index is 3310. The molecule has 0 amide bonds. The van der Waals surface area contributed by atoms with E-state index in [-0.39, 0.29) is 21.7 Å². The molecule has 8 aromatic rings. The predicted octanol–water partition coefficient (Wildman–Crippen LogP) is 18.7. The molecule has 0 bridgehead atoms. The fourth-order valence-electron chi connectivity index (χ4n) is 13.4. The number of fused-ring (bicyclic) bond motifs is 12. The summed E-state index contributed by atoms with van der Waals surface area (Å²) in [7, 11) is 0. The Kier molecular flexibility index (Phi) is 9.70. The zero-order valence-electron chi connectivity index (χ0n) is 42.5. The van der Waals surface area contributed by atoms with Crippen molar-refractivity contribution in [2.24, 2.45) is 0 Å². The van der Waals surface area contributed by atoms with Crippen molar-refractivity contribution < 1.29 is 0 Å². The Morgan fingerprint density at radius 2 is 0.783 bits per heavy atom. The molecule has 1 spiro atoms. The van der Waals surface area contributed by atoms with Crippen LogP contribution >= 0.6 is 0 Å². The van der Waals surface area contributed by atoms with E-state index >= 15 is 0 Å². The monoisotopic (exact) mass is 898 g/mol. The van der Waals surface area contributed by atoms with Crippen molar-refractivity contribution in [1.29, 1.82) is 0 Å². The molecule has 1 heteroatoms. The normalized spacial score (nSPS) is 17.9. The molecule has 1 nitrogen and oxygen atoms in total. The van der Waals surface area contributed by atoms with Crippen molar-refractivity contribution in [3.05, 3.63) is 220 Å². The predicted molar refractivity (Wildman–Crippen MR) is 293 cm³/mol. The van der Waals surface area contributed by atoms with E-state index in [4.69, 9.17) is 0 Å². The lowest BCUT2D eigenvalue weighted by Gasteiger charge is -2.43. The van der Waals surface area contributed by atoms with Gasteiger partial charge < -0.3 is 4.90 Å². The Balaban J connectivity index is 1.23. The lowest BCUT2D eigenvalue weighted by atomic mass is 9.62. The summed E-state index contributed by atoms with van der Waals surface area (Å²) in [6, 6.07) is 66.1. The molecule has 4 aliphatic carbocycles. The molecular formula is C68H67N. The van der Waals surface area contributed by atoms with Crippen LogP contribution in [-0.2, 0) is 27.1 Å². The summed E-state index contributed by atoms with van der Waals surface area (Å²) in [4.78, 5) is 2.64. The molecule has 0 N–H and O–H groups in total. The van der Waals surface area contributed by atoms with Crippen LogP contribution in [0, 0.1) is 0 Å². The van der Waals surface area contributed by atoms with Crippen LogP contribution < -0.4 is 4.90 Å². The third-order valence-corrected chi connectivity index (χ3v) is 17.6. The lowest BCUT2D eigenvalue weighted by molar-refractivity contribution is 0.331. The number of anilines is 3. The van der Waals surface area contributed by atoms with Gasteiger partial charge in [0, 0.05) is 16.9 Å². The summed E-state index contributed by atoms with van der Waals surface area (Å²) in [6.07, 6.45) is 4.69. The number of rotatable bonds is 6. The maximum absolute atomic E-state index is 2.66. The van der Waals surface area contributed by atoms with Crippen molar-refractivity contribution in [3.63, 3.8) is 0 Å². The second-order valence-electron chi connectivity index (χ2n) is 24.0. The first-order valence-corrected chi connectivity index (χ1v) is 25.8. The molecule has 0 radical (unpaired) electrons. The number of hydrogen-bond donors (Lipinski definition) is 0. The molecule has 0 unspecified atom stereocenters. The zero-order valence-corrected chi connectivity index (χ0v) is 42.5. The molecule has 0 aliphatic heterocycles. The van der Waals surface area contributed by atoms with Crippen LogP contribution in [0.2, 0.25) is 0 Å². The van der Waals surface area contributed by atoms with E-state index in [0.717, 1.165) is 12.1 Å². The Morgan fingerprint density at radius 1 is 0.333 bits per heavy atom.